The van der Waals surface area contributed by atoms with Crippen LogP contribution in [0.4, 0.5) is 5.69 Å². The second kappa shape index (κ2) is 8.67. The zero-order chi connectivity index (χ0) is 17.4. The minimum atomic E-state index is -0.499. The van der Waals surface area contributed by atoms with Crippen molar-refractivity contribution in [3.05, 3.63) is 69.8 Å². The van der Waals surface area contributed by atoms with E-state index in [1.54, 1.807) is 0 Å². The Balaban J connectivity index is 1.75. The molecule has 6 heteroatoms. The molecule has 0 spiro atoms. The molecule has 0 atom stereocenters. The number of nitrogens with zero attached hydrogens (tertiary/aromatic N) is 1. The van der Waals surface area contributed by atoms with Crippen LogP contribution in [-0.4, -0.2) is 24.0 Å². The van der Waals surface area contributed by atoms with Gasteiger partial charge in [-0.25, -0.2) is 0 Å². The Hall–Kier alpha value is -2.89. The molecule has 0 heterocycles. The molecule has 2 aromatic rings. The van der Waals surface area contributed by atoms with Crippen molar-refractivity contribution in [2.24, 2.45) is 0 Å². The van der Waals surface area contributed by atoms with Crippen LogP contribution in [0.3, 0.4) is 0 Å². The second-order valence-corrected chi connectivity index (χ2v) is 5.30. The molecule has 126 valence electrons. The van der Waals surface area contributed by atoms with Crippen LogP contribution in [0.2, 0.25) is 0 Å². The molecular weight excluding hydrogens is 308 g/mol. The summed E-state index contributed by atoms with van der Waals surface area (Å²) in [5.41, 5.74) is 1.61. The Morgan fingerprint density at radius 1 is 1.12 bits per heavy atom. The number of rotatable bonds is 8. The molecule has 0 aromatic heterocycles. The van der Waals surface area contributed by atoms with E-state index in [1.165, 1.54) is 29.8 Å². The van der Waals surface area contributed by atoms with E-state index in [9.17, 15) is 14.9 Å². The Kier molecular flexibility index (Phi) is 6.31. The number of hydrogen-bond acceptors (Lipinski definition) is 4. The highest BCUT2D eigenvalue weighted by atomic mass is 16.6. The van der Waals surface area contributed by atoms with Gasteiger partial charge in [0.15, 0.2) is 0 Å². The Morgan fingerprint density at radius 3 is 2.38 bits per heavy atom. The zero-order valence-electron chi connectivity index (χ0n) is 13.5. The first-order chi connectivity index (χ1) is 11.6. The average Bonchev–Trinajstić information content (AvgIpc) is 2.60. The van der Waals surface area contributed by atoms with Crippen LogP contribution in [-0.2, 0) is 6.42 Å². The number of carbonyl (C=O) groups is 1. The SMILES string of the molecule is CCCc1ccc(OCCNC(=O)c2ccc([N+](=O)[O-])cc2)cc1. The summed E-state index contributed by atoms with van der Waals surface area (Å²) in [4.78, 5) is 22.0. The molecule has 0 aliphatic heterocycles. The highest BCUT2D eigenvalue weighted by Gasteiger charge is 2.08. The highest BCUT2D eigenvalue weighted by molar-refractivity contribution is 5.94. The van der Waals surface area contributed by atoms with Gasteiger partial charge >= 0.3 is 0 Å². The summed E-state index contributed by atoms with van der Waals surface area (Å²) in [7, 11) is 0. The lowest BCUT2D eigenvalue weighted by Crippen LogP contribution is -2.28. The number of aryl methyl sites for hydroxylation is 1. The number of nitrogens with one attached hydrogen (secondary N) is 1. The minimum absolute atomic E-state index is 0.0404. The van der Waals surface area contributed by atoms with E-state index < -0.39 is 4.92 Å². The van der Waals surface area contributed by atoms with Gasteiger partial charge in [-0.2, -0.15) is 0 Å². The monoisotopic (exact) mass is 328 g/mol. The molecule has 6 nitrogen and oxygen atoms in total. The Bertz CT molecular complexity index is 681. The van der Waals surface area contributed by atoms with Crippen molar-refractivity contribution in [3.8, 4) is 5.75 Å². The number of nitro benzene ring substituents is 1. The number of non-ortho nitro benzene ring substituents is 1. The smallest absolute Gasteiger partial charge is 0.269 e. The zero-order valence-corrected chi connectivity index (χ0v) is 13.5. The third kappa shape index (κ3) is 5.08. The van der Waals surface area contributed by atoms with Crippen LogP contribution < -0.4 is 10.1 Å². The van der Waals surface area contributed by atoms with Crippen molar-refractivity contribution in [1.82, 2.24) is 5.32 Å². The molecule has 0 fully saturated rings. The van der Waals surface area contributed by atoms with Crippen LogP contribution in [0.5, 0.6) is 5.75 Å². The molecule has 0 aliphatic rings. The Labute approximate surface area is 140 Å². The number of ether oxygens (including phenoxy) is 1. The topological polar surface area (TPSA) is 81.5 Å². The summed E-state index contributed by atoms with van der Waals surface area (Å²) < 4.78 is 5.57. The maximum Gasteiger partial charge on any atom is 0.269 e. The fraction of sp³-hybridized carbons (Fsp3) is 0.278. The molecule has 0 saturated carbocycles. The lowest BCUT2D eigenvalue weighted by molar-refractivity contribution is -0.384. The van der Waals surface area contributed by atoms with Gasteiger partial charge in [-0.3, -0.25) is 14.9 Å². The second-order valence-electron chi connectivity index (χ2n) is 5.30. The maximum atomic E-state index is 11.9. The third-order valence-electron chi connectivity index (χ3n) is 3.46. The Morgan fingerprint density at radius 2 is 1.79 bits per heavy atom. The van der Waals surface area contributed by atoms with Crippen LogP contribution in [0.1, 0.15) is 29.3 Å². The number of carbonyl (C=O) groups excluding carboxylic acids is 1. The van der Waals surface area contributed by atoms with Crippen molar-refractivity contribution in [2.75, 3.05) is 13.2 Å². The quantitative estimate of drug-likeness (QED) is 0.458. The fourth-order valence-corrected chi connectivity index (χ4v) is 2.21. The molecule has 0 radical (unpaired) electrons. The summed E-state index contributed by atoms with van der Waals surface area (Å²) in [6.07, 6.45) is 2.15. The van der Waals surface area contributed by atoms with Crippen molar-refractivity contribution in [1.29, 1.82) is 0 Å². The van der Waals surface area contributed by atoms with Gasteiger partial charge in [-0.1, -0.05) is 25.5 Å². The van der Waals surface area contributed by atoms with Crippen molar-refractivity contribution in [2.45, 2.75) is 19.8 Å². The standard InChI is InChI=1S/C18H20N2O4/c1-2-3-14-4-10-17(11-5-14)24-13-12-19-18(21)15-6-8-16(9-7-15)20(22)23/h4-11H,2-3,12-13H2,1H3,(H,19,21). The molecule has 2 aromatic carbocycles. The lowest BCUT2D eigenvalue weighted by atomic mass is 10.1. The van der Waals surface area contributed by atoms with Gasteiger partial charge in [0.2, 0.25) is 0 Å². The number of nitro groups is 1. The molecule has 24 heavy (non-hydrogen) atoms. The maximum absolute atomic E-state index is 11.9. The van der Waals surface area contributed by atoms with E-state index in [0.29, 0.717) is 18.7 Å². The van der Waals surface area contributed by atoms with Crippen LogP contribution in [0.25, 0.3) is 0 Å². The van der Waals surface area contributed by atoms with E-state index in [1.807, 2.05) is 24.3 Å². The van der Waals surface area contributed by atoms with Crippen molar-refractivity contribution < 1.29 is 14.5 Å². The minimum Gasteiger partial charge on any atom is -0.492 e. The highest BCUT2D eigenvalue weighted by Crippen LogP contribution is 2.13. The number of benzene rings is 2. The molecule has 0 unspecified atom stereocenters. The van der Waals surface area contributed by atoms with Gasteiger partial charge in [0.25, 0.3) is 11.6 Å². The number of hydrogen-bond donors (Lipinski definition) is 1. The number of amides is 1. The van der Waals surface area contributed by atoms with E-state index in [-0.39, 0.29) is 11.6 Å². The van der Waals surface area contributed by atoms with Crippen molar-refractivity contribution in [3.63, 3.8) is 0 Å². The van der Waals surface area contributed by atoms with E-state index in [4.69, 9.17) is 4.74 Å². The average molecular weight is 328 g/mol. The first-order valence-corrected chi connectivity index (χ1v) is 7.84. The largest absolute Gasteiger partial charge is 0.492 e. The van der Waals surface area contributed by atoms with E-state index in [2.05, 4.69) is 12.2 Å². The normalized spacial score (nSPS) is 10.2. The molecule has 2 rings (SSSR count). The molecular formula is C18H20N2O4. The third-order valence-corrected chi connectivity index (χ3v) is 3.46. The predicted molar refractivity (Wildman–Crippen MR) is 91.4 cm³/mol. The fourth-order valence-electron chi connectivity index (χ4n) is 2.21. The van der Waals surface area contributed by atoms with E-state index in [0.717, 1.165) is 18.6 Å². The van der Waals surface area contributed by atoms with E-state index >= 15 is 0 Å². The summed E-state index contributed by atoms with van der Waals surface area (Å²) in [5.74, 6) is 0.478. The van der Waals surface area contributed by atoms with Gasteiger partial charge in [0.05, 0.1) is 11.5 Å². The predicted octanol–water partition coefficient (Wildman–Crippen LogP) is 3.36. The molecule has 0 saturated heterocycles. The summed E-state index contributed by atoms with van der Waals surface area (Å²) in [6, 6.07) is 13.4. The van der Waals surface area contributed by atoms with Gasteiger partial charge in [-0.05, 0) is 36.2 Å². The lowest BCUT2D eigenvalue weighted by Gasteiger charge is -2.08. The van der Waals surface area contributed by atoms with Crippen molar-refractivity contribution >= 4 is 11.6 Å². The van der Waals surface area contributed by atoms with Gasteiger partial charge in [0.1, 0.15) is 12.4 Å². The molecule has 0 aliphatic carbocycles. The molecule has 1 amide bonds. The van der Waals surface area contributed by atoms with Gasteiger partial charge in [0, 0.05) is 17.7 Å². The first-order valence-electron chi connectivity index (χ1n) is 7.84. The summed E-state index contributed by atoms with van der Waals surface area (Å²) in [6.45, 7) is 2.84. The van der Waals surface area contributed by atoms with Crippen LogP contribution in [0, 0.1) is 10.1 Å². The van der Waals surface area contributed by atoms with Crippen LogP contribution in [0.15, 0.2) is 48.5 Å². The molecule has 0 bridgehead atoms. The van der Waals surface area contributed by atoms with Gasteiger partial charge in [-0.15, -0.1) is 0 Å². The van der Waals surface area contributed by atoms with Gasteiger partial charge < -0.3 is 10.1 Å². The molecule has 1 N–H and O–H groups in total. The van der Waals surface area contributed by atoms with Crippen LogP contribution >= 0.6 is 0 Å². The first kappa shape index (κ1) is 17.5. The summed E-state index contributed by atoms with van der Waals surface area (Å²) >= 11 is 0. The summed E-state index contributed by atoms with van der Waals surface area (Å²) in [5, 5.41) is 13.3.